The zero-order valence-corrected chi connectivity index (χ0v) is 8.38. The summed E-state index contributed by atoms with van der Waals surface area (Å²) < 4.78 is 5.18. The third-order valence-electron chi connectivity index (χ3n) is 2.16. The standard InChI is InChI=1S/C8H16N2O5/c1-4(12)9-10-7-2-5(13)8(14)6(3-11)15-7/h5-8,10-11,13-14H,2-3H2,1H3,(H,9,12)/t5-,6-,7-,8+/m1/s1. The molecule has 0 radical (unpaired) electrons. The highest BCUT2D eigenvalue weighted by atomic mass is 16.5. The van der Waals surface area contributed by atoms with E-state index in [0.29, 0.717) is 0 Å². The molecule has 7 nitrogen and oxygen atoms in total. The van der Waals surface area contributed by atoms with E-state index in [1.54, 1.807) is 0 Å². The number of ether oxygens (including phenoxy) is 1. The van der Waals surface area contributed by atoms with E-state index in [1.807, 2.05) is 0 Å². The van der Waals surface area contributed by atoms with E-state index < -0.39 is 31.1 Å². The summed E-state index contributed by atoms with van der Waals surface area (Å²) in [4.78, 5) is 10.6. The number of hydrogen-bond donors (Lipinski definition) is 5. The summed E-state index contributed by atoms with van der Waals surface area (Å²) in [6.07, 6.45) is -3.42. The summed E-state index contributed by atoms with van der Waals surface area (Å²) in [5, 5.41) is 27.7. The van der Waals surface area contributed by atoms with Crippen molar-refractivity contribution in [3.63, 3.8) is 0 Å². The van der Waals surface area contributed by atoms with Crippen LogP contribution < -0.4 is 10.9 Å². The molecule has 0 spiro atoms. The molecule has 4 atom stereocenters. The maximum absolute atomic E-state index is 10.6. The molecule has 0 unspecified atom stereocenters. The van der Waals surface area contributed by atoms with Crippen LogP contribution in [0.1, 0.15) is 13.3 Å². The number of aliphatic hydroxyl groups excluding tert-OH is 3. The van der Waals surface area contributed by atoms with Crippen molar-refractivity contribution in [3.05, 3.63) is 0 Å². The number of aliphatic hydroxyl groups is 3. The molecule has 1 rings (SSSR count). The van der Waals surface area contributed by atoms with Gasteiger partial charge in [0.25, 0.3) is 0 Å². The average Bonchev–Trinajstić information content (AvgIpc) is 2.19. The molecule has 15 heavy (non-hydrogen) atoms. The average molecular weight is 220 g/mol. The molecule has 1 heterocycles. The van der Waals surface area contributed by atoms with E-state index in [0.717, 1.165) is 0 Å². The normalized spacial score (nSPS) is 36.3. The van der Waals surface area contributed by atoms with Crippen LogP contribution in [0.15, 0.2) is 0 Å². The van der Waals surface area contributed by atoms with Crippen molar-refractivity contribution in [3.8, 4) is 0 Å². The second-order valence-electron chi connectivity index (χ2n) is 3.46. The fourth-order valence-corrected chi connectivity index (χ4v) is 1.38. The molecule has 0 aliphatic carbocycles. The lowest BCUT2D eigenvalue weighted by molar-refractivity contribution is -0.190. The van der Waals surface area contributed by atoms with Crippen LogP contribution in [-0.2, 0) is 9.53 Å². The smallest absolute Gasteiger partial charge is 0.231 e. The summed E-state index contributed by atoms with van der Waals surface area (Å²) in [7, 11) is 0. The van der Waals surface area contributed by atoms with Gasteiger partial charge in [0, 0.05) is 13.3 Å². The molecule has 1 saturated heterocycles. The van der Waals surface area contributed by atoms with Crippen LogP contribution >= 0.6 is 0 Å². The Morgan fingerprint density at radius 1 is 1.53 bits per heavy atom. The SMILES string of the molecule is CC(=O)NN[C@H]1C[C@@H](O)[C@H](O)[C@@H](CO)O1. The Kier molecular flexibility index (Phi) is 4.43. The Morgan fingerprint density at radius 3 is 2.73 bits per heavy atom. The number of nitrogens with one attached hydrogen (secondary N) is 2. The number of carbonyl (C=O) groups is 1. The molecule has 5 N–H and O–H groups in total. The number of carbonyl (C=O) groups excluding carboxylic acids is 1. The van der Waals surface area contributed by atoms with Gasteiger partial charge in [-0.3, -0.25) is 10.2 Å². The second kappa shape index (κ2) is 5.38. The Balaban J connectivity index is 2.44. The van der Waals surface area contributed by atoms with E-state index in [9.17, 15) is 15.0 Å². The highest BCUT2D eigenvalue weighted by Gasteiger charge is 2.36. The molecular weight excluding hydrogens is 204 g/mol. The van der Waals surface area contributed by atoms with Crippen molar-refractivity contribution in [1.29, 1.82) is 0 Å². The Labute approximate surface area is 87.0 Å². The van der Waals surface area contributed by atoms with Crippen LogP contribution in [0.4, 0.5) is 0 Å². The van der Waals surface area contributed by atoms with Gasteiger partial charge in [-0.05, 0) is 0 Å². The minimum Gasteiger partial charge on any atom is -0.394 e. The topological polar surface area (TPSA) is 111 Å². The lowest BCUT2D eigenvalue weighted by Gasteiger charge is -2.36. The van der Waals surface area contributed by atoms with Crippen molar-refractivity contribution < 1.29 is 24.9 Å². The van der Waals surface area contributed by atoms with Crippen LogP contribution in [0.5, 0.6) is 0 Å². The van der Waals surface area contributed by atoms with Crippen LogP contribution in [0.3, 0.4) is 0 Å². The highest BCUT2D eigenvalue weighted by molar-refractivity contribution is 5.72. The molecule has 0 aromatic carbocycles. The Bertz CT molecular complexity index is 225. The minimum atomic E-state index is -1.11. The monoisotopic (exact) mass is 220 g/mol. The van der Waals surface area contributed by atoms with Crippen LogP contribution in [0, 0.1) is 0 Å². The van der Waals surface area contributed by atoms with Gasteiger partial charge in [0.2, 0.25) is 5.91 Å². The second-order valence-corrected chi connectivity index (χ2v) is 3.46. The Morgan fingerprint density at radius 2 is 2.20 bits per heavy atom. The van der Waals surface area contributed by atoms with Gasteiger partial charge < -0.3 is 20.1 Å². The first kappa shape index (κ1) is 12.3. The van der Waals surface area contributed by atoms with Gasteiger partial charge in [-0.2, -0.15) is 0 Å². The first-order valence-corrected chi connectivity index (χ1v) is 4.69. The molecule has 0 bridgehead atoms. The number of rotatable bonds is 3. The third kappa shape index (κ3) is 3.40. The predicted molar refractivity (Wildman–Crippen MR) is 49.3 cm³/mol. The first-order chi connectivity index (χ1) is 7.04. The Hall–Kier alpha value is -0.730. The molecule has 1 amide bonds. The van der Waals surface area contributed by atoms with Crippen molar-refractivity contribution in [2.75, 3.05) is 6.61 Å². The molecule has 0 aromatic rings. The fraction of sp³-hybridized carbons (Fsp3) is 0.875. The summed E-state index contributed by atoms with van der Waals surface area (Å²) in [6.45, 7) is 0.932. The molecule has 1 aliphatic heterocycles. The van der Waals surface area contributed by atoms with E-state index in [-0.39, 0.29) is 12.3 Å². The zero-order valence-electron chi connectivity index (χ0n) is 8.38. The van der Waals surface area contributed by atoms with E-state index in [4.69, 9.17) is 9.84 Å². The predicted octanol–water partition coefficient (Wildman–Crippen LogP) is -2.54. The minimum absolute atomic E-state index is 0.137. The van der Waals surface area contributed by atoms with Crippen LogP contribution in [-0.4, -0.2) is 52.4 Å². The van der Waals surface area contributed by atoms with Crippen LogP contribution in [0.25, 0.3) is 0 Å². The summed E-state index contributed by atoms with van der Waals surface area (Å²) in [5.41, 5.74) is 4.84. The third-order valence-corrected chi connectivity index (χ3v) is 2.16. The van der Waals surface area contributed by atoms with Crippen LogP contribution in [0.2, 0.25) is 0 Å². The van der Waals surface area contributed by atoms with E-state index in [2.05, 4.69) is 10.9 Å². The van der Waals surface area contributed by atoms with Crippen molar-refractivity contribution in [1.82, 2.24) is 10.9 Å². The lowest BCUT2D eigenvalue weighted by atomic mass is 10.0. The van der Waals surface area contributed by atoms with Crippen molar-refractivity contribution in [2.24, 2.45) is 0 Å². The van der Waals surface area contributed by atoms with Gasteiger partial charge in [-0.15, -0.1) is 0 Å². The summed E-state index contributed by atoms with van der Waals surface area (Å²) >= 11 is 0. The molecule has 1 fully saturated rings. The molecule has 7 heteroatoms. The number of amides is 1. The summed E-state index contributed by atoms with van der Waals surface area (Å²) in [5.74, 6) is -0.292. The largest absolute Gasteiger partial charge is 0.394 e. The zero-order chi connectivity index (χ0) is 11.4. The van der Waals surface area contributed by atoms with Gasteiger partial charge in [-0.25, -0.2) is 5.43 Å². The van der Waals surface area contributed by atoms with Crippen molar-refractivity contribution >= 4 is 5.91 Å². The first-order valence-electron chi connectivity index (χ1n) is 4.69. The van der Waals surface area contributed by atoms with Gasteiger partial charge >= 0.3 is 0 Å². The van der Waals surface area contributed by atoms with Gasteiger partial charge in [0.1, 0.15) is 18.4 Å². The van der Waals surface area contributed by atoms with Gasteiger partial charge in [0.15, 0.2) is 0 Å². The number of hydrogen-bond acceptors (Lipinski definition) is 6. The molecule has 88 valence electrons. The molecule has 1 aliphatic rings. The van der Waals surface area contributed by atoms with Gasteiger partial charge in [-0.1, -0.05) is 0 Å². The van der Waals surface area contributed by atoms with E-state index in [1.165, 1.54) is 6.92 Å². The maximum atomic E-state index is 10.6. The highest BCUT2D eigenvalue weighted by Crippen LogP contribution is 2.18. The molecule has 0 aromatic heterocycles. The van der Waals surface area contributed by atoms with E-state index >= 15 is 0 Å². The summed E-state index contributed by atoms with van der Waals surface area (Å²) in [6, 6.07) is 0. The van der Waals surface area contributed by atoms with Gasteiger partial charge in [0.05, 0.1) is 12.7 Å². The number of hydrazine groups is 1. The maximum Gasteiger partial charge on any atom is 0.231 e. The quantitative estimate of drug-likeness (QED) is 0.335. The van der Waals surface area contributed by atoms with Crippen molar-refractivity contribution in [2.45, 2.75) is 37.9 Å². The molecule has 0 saturated carbocycles. The molecular formula is C8H16N2O5. The fourth-order valence-electron chi connectivity index (χ4n) is 1.38. The lowest BCUT2D eigenvalue weighted by Crippen LogP contribution is -2.56.